The highest BCUT2D eigenvalue weighted by atomic mass is 19.1. The molecule has 1 saturated heterocycles. The Kier molecular flexibility index (Phi) is 8.36. The van der Waals surface area contributed by atoms with Crippen LogP contribution in [0.5, 0.6) is 0 Å². The third-order valence-electron chi connectivity index (χ3n) is 5.76. The molecule has 0 aromatic heterocycles. The summed E-state index contributed by atoms with van der Waals surface area (Å²) in [4.78, 5) is 27.9. The zero-order valence-corrected chi connectivity index (χ0v) is 18.9. The molecular formula is C25H32FN3O3. The van der Waals surface area contributed by atoms with Crippen LogP contribution >= 0.6 is 0 Å². The van der Waals surface area contributed by atoms with E-state index in [1.165, 1.54) is 12.1 Å². The minimum absolute atomic E-state index is 0.0861. The quantitative estimate of drug-likeness (QED) is 0.661. The van der Waals surface area contributed by atoms with Gasteiger partial charge in [0, 0.05) is 25.2 Å². The fourth-order valence-electron chi connectivity index (χ4n) is 3.80. The second-order valence-corrected chi connectivity index (χ2v) is 8.52. The van der Waals surface area contributed by atoms with Crippen molar-refractivity contribution in [1.29, 1.82) is 0 Å². The Morgan fingerprint density at radius 3 is 2.25 bits per heavy atom. The minimum Gasteiger partial charge on any atom is -0.379 e. The first kappa shape index (κ1) is 23.9. The van der Waals surface area contributed by atoms with Gasteiger partial charge in [-0.05, 0) is 42.7 Å². The Labute approximate surface area is 189 Å². The van der Waals surface area contributed by atoms with Crippen LogP contribution in [0.2, 0.25) is 0 Å². The molecule has 2 aromatic rings. The number of hydrogen-bond donors (Lipinski definition) is 2. The number of halogens is 1. The lowest BCUT2D eigenvalue weighted by molar-refractivity contribution is -0.124. The molecule has 172 valence electrons. The van der Waals surface area contributed by atoms with Gasteiger partial charge in [-0.3, -0.25) is 14.5 Å². The number of aryl methyl sites for hydroxylation is 1. The van der Waals surface area contributed by atoms with E-state index in [4.69, 9.17) is 4.74 Å². The number of carbonyl (C=O) groups is 2. The van der Waals surface area contributed by atoms with Crippen molar-refractivity contribution in [2.45, 2.75) is 32.9 Å². The van der Waals surface area contributed by atoms with Crippen LogP contribution in [0.25, 0.3) is 0 Å². The number of rotatable bonds is 8. The molecule has 2 unspecified atom stereocenters. The smallest absolute Gasteiger partial charge is 0.251 e. The van der Waals surface area contributed by atoms with Gasteiger partial charge in [0.15, 0.2) is 0 Å². The van der Waals surface area contributed by atoms with Crippen LogP contribution in [0.4, 0.5) is 4.39 Å². The van der Waals surface area contributed by atoms with Gasteiger partial charge >= 0.3 is 0 Å². The lowest BCUT2D eigenvalue weighted by Crippen LogP contribution is -2.52. The van der Waals surface area contributed by atoms with Crippen LogP contribution in [0.3, 0.4) is 0 Å². The van der Waals surface area contributed by atoms with E-state index in [0.29, 0.717) is 25.3 Å². The van der Waals surface area contributed by atoms with Crippen molar-refractivity contribution in [3.05, 3.63) is 71.0 Å². The van der Waals surface area contributed by atoms with Gasteiger partial charge in [0.2, 0.25) is 5.91 Å². The summed E-state index contributed by atoms with van der Waals surface area (Å²) in [6.07, 6.45) is 0. The summed E-state index contributed by atoms with van der Waals surface area (Å²) < 4.78 is 18.9. The Morgan fingerprint density at radius 1 is 1.03 bits per heavy atom. The van der Waals surface area contributed by atoms with E-state index in [-0.39, 0.29) is 29.6 Å². The lowest BCUT2D eigenvalue weighted by atomic mass is 10.0. The van der Waals surface area contributed by atoms with Crippen LogP contribution in [0.15, 0.2) is 48.5 Å². The van der Waals surface area contributed by atoms with Gasteiger partial charge in [-0.25, -0.2) is 4.39 Å². The molecule has 1 heterocycles. The molecular weight excluding hydrogens is 409 g/mol. The van der Waals surface area contributed by atoms with Crippen molar-refractivity contribution >= 4 is 11.8 Å². The summed E-state index contributed by atoms with van der Waals surface area (Å²) in [5.74, 6) is -0.891. The number of nitrogens with zero attached hydrogens (tertiary/aromatic N) is 1. The number of benzene rings is 2. The van der Waals surface area contributed by atoms with E-state index in [2.05, 4.69) is 15.5 Å². The van der Waals surface area contributed by atoms with Crippen LogP contribution in [0.1, 0.15) is 41.4 Å². The average Bonchev–Trinajstić information content (AvgIpc) is 2.79. The number of morpholine rings is 1. The molecule has 1 aliphatic heterocycles. The normalized spacial score (nSPS) is 16.4. The van der Waals surface area contributed by atoms with Crippen molar-refractivity contribution in [3.63, 3.8) is 0 Å². The molecule has 2 amide bonds. The average molecular weight is 442 g/mol. The van der Waals surface area contributed by atoms with Crippen LogP contribution < -0.4 is 10.6 Å². The van der Waals surface area contributed by atoms with Gasteiger partial charge in [-0.15, -0.1) is 0 Å². The first-order valence-electron chi connectivity index (χ1n) is 11.1. The lowest BCUT2D eigenvalue weighted by Gasteiger charge is -2.35. The largest absolute Gasteiger partial charge is 0.379 e. The van der Waals surface area contributed by atoms with E-state index < -0.39 is 6.04 Å². The molecule has 1 aliphatic rings. The van der Waals surface area contributed by atoms with Gasteiger partial charge in [-0.2, -0.15) is 0 Å². The topological polar surface area (TPSA) is 70.7 Å². The standard InChI is InChI=1S/C25H32FN3O3/c1-17(2)23(28-24(30)20-6-4-18(3)5-7-20)25(31)27-16-22(29-12-14-32-15-13-29)19-8-10-21(26)11-9-19/h4-11,17,22-23H,12-16H2,1-3H3,(H,27,31)(H,28,30). The number of hydrogen-bond acceptors (Lipinski definition) is 4. The van der Waals surface area contributed by atoms with E-state index in [9.17, 15) is 14.0 Å². The summed E-state index contributed by atoms with van der Waals surface area (Å²) in [6, 6.07) is 12.8. The zero-order valence-electron chi connectivity index (χ0n) is 18.9. The van der Waals surface area contributed by atoms with E-state index in [1.807, 2.05) is 32.9 Å². The Bertz CT molecular complexity index is 894. The molecule has 3 rings (SSSR count). The maximum Gasteiger partial charge on any atom is 0.251 e. The monoisotopic (exact) mass is 441 g/mol. The fourth-order valence-corrected chi connectivity index (χ4v) is 3.80. The first-order chi connectivity index (χ1) is 15.3. The molecule has 0 spiro atoms. The van der Waals surface area contributed by atoms with Gasteiger partial charge < -0.3 is 15.4 Å². The van der Waals surface area contributed by atoms with Crippen molar-refractivity contribution in [3.8, 4) is 0 Å². The van der Waals surface area contributed by atoms with Gasteiger partial charge in [0.05, 0.1) is 19.3 Å². The minimum atomic E-state index is -0.664. The molecule has 7 heteroatoms. The molecule has 0 saturated carbocycles. The van der Waals surface area contributed by atoms with Crippen molar-refractivity contribution in [1.82, 2.24) is 15.5 Å². The van der Waals surface area contributed by atoms with E-state index >= 15 is 0 Å². The maximum atomic E-state index is 13.4. The van der Waals surface area contributed by atoms with Crippen molar-refractivity contribution in [2.75, 3.05) is 32.8 Å². The summed E-state index contributed by atoms with van der Waals surface area (Å²) in [5, 5.41) is 5.88. The van der Waals surface area contributed by atoms with Crippen LogP contribution in [-0.4, -0.2) is 55.6 Å². The molecule has 1 fully saturated rings. The summed E-state index contributed by atoms with van der Waals surface area (Å²) in [7, 11) is 0. The van der Waals surface area contributed by atoms with Gasteiger partial charge in [0.25, 0.3) is 5.91 Å². The zero-order chi connectivity index (χ0) is 23.1. The number of nitrogens with one attached hydrogen (secondary N) is 2. The SMILES string of the molecule is Cc1ccc(C(=O)NC(C(=O)NCC(c2ccc(F)cc2)N2CCOCC2)C(C)C)cc1. The fraction of sp³-hybridized carbons (Fsp3) is 0.440. The highest BCUT2D eigenvalue weighted by molar-refractivity contribution is 5.97. The van der Waals surface area contributed by atoms with Crippen molar-refractivity contribution < 1.29 is 18.7 Å². The molecule has 32 heavy (non-hydrogen) atoms. The molecule has 6 nitrogen and oxygen atoms in total. The highest BCUT2D eigenvalue weighted by Crippen LogP contribution is 2.22. The second kappa shape index (κ2) is 11.2. The summed E-state index contributed by atoms with van der Waals surface area (Å²) in [5.41, 5.74) is 2.51. The molecule has 0 aliphatic carbocycles. The third kappa shape index (κ3) is 6.37. The number of carbonyl (C=O) groups excluding carboxylic acids is 2. The van der Waals surface area contributed by atoms with Crippen LogP contribution in [0, 0.1) is 18.7 Å². The van der Waals surface area contributed by atoms with Crippen LogP contribution in [-0.2, 0) is 9.53 Å². The first-order valence-corrected chi connectivity index (χ1v) is 11.1. The Morgan fingerprint density at radius 2 is 1.66 bits per heavy atom. The molecule has 0 radical (unpaired) electrons. The predicted molar refractivity (Wildman–Crippen MR) is 122 cm³/mol. The molecule has 2 N–H and O–H groups in total. The Hall–Kier alpha value is -2.77. The molecule has 2 aromatic carbocycles. The highest BCUT2D eigenvalue weighted by Gasteiger charge is 2.28. The van der Waals surface area contributed by atoms with Gasteiger partial charge in [0.1, 0.15) is 11.9 Å². The van der Waals surface area contributed by atoms with E-state index in [0.717, 1.165) is 24.2 Å². The van der Waals surface area contributed by atoms with Gasteiger partial charge in [-0.1, -0.05) is 43.7 Å². The summed E-state index contributed by atoms with van der Waals surface area (Å²) >= 11 is 0. The maximum absolute atomic E-state index is 13.4. The number of amides is 2. The third-order valence-corrected chi connectivity index (χ3v) is 5.76. The summed E-state index contributed by atoms with van der Waals surface area (Å²) in [6.45, 7) is 8.81. The number of ether oxygens (including phenoxy) is 1. The Balaban J connectivity index is 1.68. The predicted octanol–water partition coefficient (Wildman–Crippen LogP) is 3.08. The van der Waals surface area contributed by atoms with Crippen molar-refractivity contribution in [2.24, 2.45) is 5.92 Å². The second-order valence-electron chi connectivity index (χ2n) is 8.52. The van der Waals surface area contributed by atoms with E-state index in [1.54, 1.807) is 24.3 Å². The molecule has 0 bridgehead atoms. The molecule has 2 atom stereocenters.